The van der Waals surface area contributed by atoms with Crippen LogP contribution < -0.4 is 11.2 Å². The third-order valence-corrected chi connectivity index (χ3v) is 3.64. The van der Waals surface area contributed by atoms with Gasteiger partial charge in [-0.05, 0) is 13.8 Å². The molecule has 1 aliphatic heterocycles. The Hall–Kier alpha value is -1.66. The van der Waals surface area contributed by atoms with Crippen LogP contribution in [0.4, 0.5) is 0 Å². The number of alkyl halides is 1. The molecule has 9 heteroatoms. The van der Waals surface area contributed by atoms with Crippen LogP contribution in [0.3, 0.4) is 0 Å². The van der Waals surface area contributed by atoms with Crippen molar-refractivity contribution < 1.29 is 14.9 Å². The van der Waals surface area contributed by atoms with Gasteiger partial charge in [0.1, 0.15) is 18.4 Å². The molecule has 1 aromatic heterocycles. The summed E-state index contributed by atoms with van der Waals surface area (Å²) in [6.45, 7) is 2.92. The highest BCUT2D eigenvalue weighted by Gasteiger charge is 2.57. The van der Waals surface area contributed by atoms with Crippen LogP contribution in [0.15, 0.2) is 15.8 Å². The first-order chi connectivity index (χ1) is 9.81. The molecule has 5 atom stereocenters. The lowest BCUT2D eigenvalue weighted by atomic mass is 9.97. The molecule has 0 radical (unpaired) electrons. The van der Waals surface area contributed by atoms with E-state index in [1.807, 2.05) is 4.98 Å². The fourth-order valence-corrected chi connectivity index (χ4v) is 2.54. The monoisotopic (exact) mass is 315 g/mol. The lowest BCUT2D eigenvalue weighted by Crippen LogP contribution is -2.46. The molecule has 1 unspecified atom stereocenters. The summed E-state index contributed by atoms with van der Waals surface area (Å²) in [6.07, 6.45) is -3.82. The van der Waals surface area contributed by atoms with Gasteiger partial charge in [-0.3, -0.25) is 9.78 Å². The van der Waals surface area contributed by atoms with Crippen LogP contribution >= 0.6 is 11.6 Å². The number of aliphatic hydroxyl groups is 2. The quantitative estimate of drug-likeness (QED) is 0.455. The zero-order chi connectivity index (χ0) is 15.8. The van der Waals surface area contributed by atoms with Gasteiger partial charge in [0.05, 0.1) is 6.10 Å². The predicted octanol–water partition coefficient (Wildman–Crippen LogP) is -1.43. The fourth-order valence-electron chi connectivity index (χ4n) is 2.18. The zero-order valence-electron chi connectivity index (χ0n) is 11.3. The Morgan fingerprint density at radius 2 is 2.29 bits per heavy atom. The molecule has 2 rings (SSSR count). The second kappa shape index (κ2) is 5.61. The lowest BCUT2D eigenvalue weighted by molar-refractivity contribution is -0.0810. The Morgan fingerprint density at radius 3 is 2.81 bits per heavy atom. The first kappa shape index (κ1) is 15.7. The Labute approximate surface area is 124 Å². The molecule has 3 N–H and O–H groups in total. The summed E-state index contributed by atoms with van der Waals surface area (Å²) in [5.74, 6) is 5.14. The van der Waals surface area contributed by atoms with Gasteiger partial charge in [-0.25, -0.2) is 4.79 Å². The number of halogens is 1. The van der Waals surface area contributed by atoms with Crippen LogP contribution in [0.5, 0.6) is 0 Å². The van der Waals surface area contributed by atoms with Crippen LogP contribution in [-0.4, -0.2) is 48.2 Å². The first-order valence-electron chi connectivity index (χ1n) is 6.14. The minimum absolute atomic E-state index is 0.677. The van der Waals surface area contributed by atoms with Gasteiger partial charge in [-0.15, -0.1) is 5.92 Å². The van der Waals surface area contributed by atoms with Gasteiger partial charge in [0.15, 0.2) is 11.1 Å². The third-order valence-electron chi connectivity index (χ3n) is 3.14. The number of aromatic nitrogens is 3. The van der Waals surface area contributed by atoms with E-state index in [9.17, 15) is 19.8 Å². The van der Waals surface area contributed by atoms with E-state index in [4.69, 9.17) is 16.3 Å². The molecule has 1 aromatic rings. The van der Waals surface area contributed by atoms with Crippen molar-refractivity contribution in [3.63, 3.8) is 0 Å². The van der Waals surface area contributed by atoms with Crippen molar-refractivity contribution in [2.75, 3.05) is 0 Å². The number of nitrogens with zero attached hydrogens (tertiary/aromatic N) is 2. The second-order valence-electron chi connectivity index (χ2n) is 4.67. The molecule has 114 valence electrons. The minimum Gasteiger partial charge on any atom is -0.391 e. The molecular formula is C12H14ClN3O5. The van der Waals surface area contributed by atoms with Crippen LogP contribution in [-0.2, 0) is 4.74 Å². The summed E-state index contributed by atoms with van der Waals surface area (Å²) in [5.41, 5.74) is -1.53. The van der Waals surface area contributed by atoms with Crippen molar-refractivity contribution in [3.8, 4) is 11.8 Å². The summed E-state index contributed by atoms with van der Waals surface area (Å²) in [6, 6.07) is 0. The van der Waals surface area contributed by atoms with Crippen molar-refractivity contribution in [3.05, 3.63) is 27.0 Å². The van der Waals surface area contributed by atoms with E-state index in [0.29, 0.717) is 0 Å². The molecule has 0 bridgehead atoms. The number of rotatable bonds is 2. The highest BCUT2D eigenvalue weighted by Crippen LogP contribution is 2.43. The largest absolute Gasteiger partial charge is 0.391 e. The Bertz CT molecular complexity index is 703. The average Bonchev–Trinajstić information content (AvgIpc) is 2.64. The van der Waals surface area contributed by atoms with E-state index < -0.39 is 40.7 Å². The van der Waals surface area contributed by atoms with E-state index in [2.05, 4.69) is 16.9 Å². The first-order valence-corrected chi connectivity index (χ1v) is 6.51. The van der Waals surface area contributed by atoms with Gasteiger partial charge in [-0.1, -0.05) is 17.5 Å². The maximum absolute atomic E-state index is 11.8. The predicted molar refractivity (Wildman–Crippen MR) is 72.7 cm³/mol. The zero-order valence-corrected chi connectivity index (χ0v) is 12.0. The number of hydrogen-bond acceptors (Lipinski definition) is 6. The Balaban J connectivity index is 2.56. The van der Waals surface area contributed by atoms with Crippen LogP contribution in [0.1, 0.15) is 20.1 Å². The minimum atomic E-state index is -1.68. The van der Waals surface area contributed by atoms with Crippen molar-refractivity contribution in [2.24, 2.45) is 0 Å². The molecule has 0 saturated carbocycles. The second-order valence-corrected chi connectivity index (χ2v) is 5.29. The summed E-state index contributed by atoms with van der Waals surface area (Å²) < 4.78 is 6.24. The maximum atomic E-state index is 11.8. The average molecular weight is 316 g/mol. The topological polar surface area (TPSA) is 117 Å². The van der Waals surface area contributed by atoms with Crippen molar-refractivity contribution in [1.29, 1.82) is 0 Å². The molecule has 1 saturated heterocycles. The highest BCUT2D eigenvalue weighted by atomic mass is 35.5. The molecule has 0 aliphatic carbocycles. The van der Waals surface area contributed by atoms with Crippen molar-refractivity contribution >= 4 is 11.6 Å². The number of nitrogens with one attached hydrogen (secondary N) is 1. The SMILES string of the molecule is CC#CC1(Cl)[C@@H](O)[C@@H]([C@@H](C)O)O[C@H]1n1ncc(=O)[nH]c1=O. The molecule has 0 aromatic carbocycles. The van der Waals surface area contributed by atoms with Gasteiger partial charge in [-0.2, -0.15) is 9.78 Å². The normalized spacial score (nSPS) is 33.3. The van der Waals surface area contributed by atoms with Gasteiger partial charge in [0.25, 0.3) is 5.56 Å². The molecule has 1 aliphatic rings. The highest BCUT2D eigenvalue weighted by molar-refractivity contribution is 6.27. The summed E-state index contributed by atoms with van der Waals surface area (Å²) in [4.78, 5) is 23.2. The van der Waals surface area contributed by atoms with Gasteiger partial charge in [0.2, 0.25) is 0 Å². The number of hydrogen-bond donors (Lipinski definition) is 3. The maximum Gasteiger partial charge on any atom is 0.347 e. The smallest absolute Gasteiger partial charge is 0.347 e. The van der Waals surface area contributed by atoms with E-state index in [1.54, 1.807) is 0 Å². The van der Waals surface area contributed by atoms with E-state index in [1.165, 1.54) is 13.8 Å². The van der Waals surface area contributed by atoms with Gasteiger partial charge in [0, 0.05) is 0 Å². The lowest BCUT2D eigenvalue weighted by Gasteiger charge is -2.24. The summed E-state index contributed by atoms with van der Waals surface area (Å²) in [5, 5.41) is 23.6. The molecular weight excluding hydrogens is 302 g/mol. The number of H-pyrrole nitrogens is 1. The summed E-state index contributed by atoms with van der Waals surface area (Å²) >= 11 is 6.32. The van der Waals surface area contributed by atoms with E-state index in [0.717, 1.165) is 10.9 Å². The number of ether oxygens (including phenoxy) is 1. The van der Waals surface area contributed by atoms with Crippen LogP contribution in [0.25, 0.3) is 0 Å². The third kappa shape index (κ3) is 2.61. The van der Waals surface area contributed by atoms with Crippen molar-refractivity contribution in [2.45, 2.75) is 43.3 Å². The fraction of sp³-hybridized carbons (Fsp3) is 0.583. The molecule has 0 amide bonds. The standard InChI is InChI=1S/C12H14ClN3O5/c1-3-4-12(13)9(19)8(6(2)17)21-10(12)16-11(20)15-7(18)5-14-16/h5-6,8-10,17,19H,1-2H3,(H,15,18,20)/t6-,8-,9+,10-,12?/m1/s1. The molecule has 8 nitrogen and oxygen atoms in total. The molecule has 1 fully saturated rings. The molecule has 21 heavy (non-hydrogen) atoms. The molecule has 0 spiro atoms. The van der Waals surface area contributed by atoms with Crippen LogP contribution in [0.2, 0.25) is 0 Å². The number of aromatic amines is 1. The van der Waals surface area contributed by atoms with Crippen molar-refractivity contribution in [1.82, 2.24) is 14.8 Å². The Kier molecular flexibility index (Phi) is 4.20. The van der Waals surface area contributed by atoms with Gasteiger partial charge < -0.3 is 14.9 Å². The Morgan fingerprint density at radius 1 is 1.62 bits per heavy atom. The van der Waals surface area contributed by atoms with E-state index >= 15 is 0 Å². The molecule has 2 heterocycles. The van der Waals surface area contributed by atoms with E-state index in [-0.39, 0.29) is 0 Å². The summed E-state index contributed by atoms with van der Waals surface area (Å²) in [7, 11) is 0. The number of aliphatic hydroxyl groups excluding tert-OH is 2. The van der Waals surface area contributed by atoms with Crippen LogP contribution in [0, 0.1) is 11.8 Å². The van der Waals surface area contributed by atoms with Gasteiger partial charge >= 0.3 is 5.69 Å².